The molecule has 2 aromatic rings. The molecular weight excluding hydrogens is 344 g/mol. The molecule has 2 N–H and O–H groups in total. The monoisotopic (exact) mass is 360 g/mol. The predicted molar refractivity (Wildman–Crippen MR) is 98.7 cm³/mol. The SMILES string of the molecule is Cc1cc(Cl)ccc1NC(=O)[C@H](C)[C@H]1Sc2ccccc2NC1=O. The maximum Gasteiger partial charge on any atom is 0.238 e. The van der Waals surface area contributed by atoms with E-state index in [0.717, 1.165) is 16.1 Å². The van der Waals surface area contributed by atoms with Crippen molar-refractivity contribution in [2.24, 2.45) is 5.92 Å². The van der Waals surface area contributed by atoms with Crippen molar-refractivity contribution in [3.63, 3.8) is 0 Å². The highest BCUT2D eigenvalue weighted by Gasteiger charge is 2.35. The molecule has 1 aliphatic rings. The van der Waals surface area contributed by atoms with Crippen molar-refractivity contribution in [1.82, 2.24) is 0 Å². The van der Waals surface area contributed by atoms with Crippen LogP contribution in [0.1, 0.15) is 12.5 Å². The fraction of sp³-hybridized carbons (Fsp3) is 0.222. The number of rotatable bonds is 3. The Hall–Kier alpha value is -1.98. The van der Waals surface area contributed by atoms with Crippen LogP contribution in [0.2, 0.25) is 5.02 Å². The number of benzene rings is 2. The van der Waals surface area contributed by atoms with Crippen molar-refractivity contribution >= 4 is 46.6 Å². The molecule has 124 valence electrons. The van der Waals surface area contributed by atoms with E-state index in [1.807, 2.05) is 31.2 Å². The van der Waals surface area contributed by atoms with Crippen LogP contribution in [0.4, 0.5) is 11.4 Å². The number of aryl methyl sites for hydroxylation is 1. The fourth-order valence-electron chi connectivity index (χ4n) is 2.55. The molecule has 0 saturated heterocycles. The Morgan fingerprint density at radius 2 is 2.04 bits per heavy atom. The number of fused-ring (bicyclic) bond motifs is 1. The molecule has 6 heteroatoms. The molecule has 0 fully saturated rings. The summed E-state index contributed by atoms with van der Waals surface area (Å²) in [5, 5.41) is 5.92. The van der Waals surface area contributed by atoms with Crippen LogP contribution < -0.4 is 10.6 Å². The van der Waals surface area contributed by atoms with Gasteiger partial charge in [0.05, 0.1) is 16.9 Å². The lowest BCUT2D eigenvalue weighted by Gasteiger charge is -2.27. The van der Waals surface area contributed by atoms with E-state index in [1.54, 1.807) is 25.1 Å². The van der Waals surface area contributed by atoms with Crippen molar-refractivity contribution in [2.75, 3.05) is 10.6 Å². The van der Waals surface area contributed by atoms with Crippen LogP contribution in [0.15, 0.2) is 47.4 Å². The topological polar surface area (TPSA) is 58.2 Å². The summed E-state index contributed by atoms with van der Waals surface area (Å²) in [6.07, 6.45) is 0. The minimum absolute atomic E-state index is 0.144. The first-order valence-electron chi connectivity index (χ1n) is 7.59. The molecule has 0 radical (unpaired) electrons. The van der Waals surface area contributed by atoms with Gasteiger partial charge in [0.25, 0.3) is 0 Å². The zero-order valence-corrected chi connectivity index (χ0v) is 14.9. The summed E-state index contributed by atoms with van der Waals surface area (Å²) >= 11 is 7.36. The lowest BCUT2D eigenvalue weighted by Crippen LogP contribution is -2.39. The number of anilines is 2. The molecule has 2 atom stereocenters. The number of halogens is 1. The van der Waals surface area contributed by atoms with Crippen LogP contribution in [-0.4, -0.2) is 17.1 Å². The first-order valence-corrected chi connectivity index (χ1v) is 8.85. The number of para-hydroxylation sites is 1. The Kier molecular flexibility index (Phi) is 4.83. The Morgan fingerprint density at radius 3 is 2.79 bits per heavy atom. The zero-order chi connectivity index (χ0) is 17.3. The number of carbonyl (C=O) groups excluding carboxylic acids is 2. The lowest BCUT2D eigenvalue weighted by atomic mass is 10.0. The average Bonchev–Trinajstić information content (AvgIpc) is 2.56. The number of hydrogen-bond acceptors (Lipinski definition) is 3. The van der Waals surface area contributed by atoms with E-state index in [0.29, 0.717) is 10.7 Å². The Balaban J connectivity index is 1.75. The van der Waals surface area contributed by atoms with Gasteiger partial charge < -0.3 is 10.6 Å². The molecule has 4 nitrogen and oxygen atoms in total. The lowest BCUT2D eigenvalue weighted by molar-refractivity contribution is -0.123. The molecule has 2 amide bonds. The molecule has 1 aliphatic heterocycles. The Labute approximate surface area is 150 Å². The second-order valence-corrected chi connectivity index (χ2v) is 7.38. The Bertz CT molecular complexity index is 809. The van der Waals surface area contributed by atoms with Crippen molar-refractivity contribution in [2.45, 2.75) is 24.0 Å². The van der Waals surface area contributed by atoms with E-state index >= 15 is 0 Å². The van der Waals surface area contributed by atoms with Gasteiger partial charge in [0.1, 0.15) is 0 Å². The maximum absolute atomic E-state index is 12.6. The number of hydrogen-bond donors (Lipinski definition) is 2. The van der Waals surface area contributed by atoms with Gasteiger partial charge in [-0.3, -0.25) is 9.59 Å². The normalized spacial score (nSPS) is 17.6. The number of nitrogens with one attached hydrogen (secondary N) is 2. The highest BCUT2D eigenvalue weighted by atomic mass is 35.5. The molecule has 0 saturated carbocycles. The van der Waals surface area contributed by atoms with E-state index in [1.165, 1.54) is 11.8 Å². The first-order chi connectivity index (χ1) is 11.5. The summed E-state index contributed by atoms with van der Waals surface area (Å²) in [5.41, 5.74) is 2.39. The van der Waals surface area contributed by atoms with Gasteiger partial charge >= 0.3 is 0 Å². The molecule has 3 rings (SSSR count). The molecule has 0 bridgehead atoms. The summed E-state index contributed by atoms with van der Waals surface area (Å²) in [6.45, 7) is 3.65. The van der Waals surface area contributed by atoms with E-state index in [-0.39, 0.29) is 11.8 Å². The van der Waals surface area contributed by atoms with E-state index in [4.69, 9.17) is 11.6 Å². The van der Waals surface area contributed by atoms with Gasteiger partial charge in [-0.05, 0) is 42.8 Å². The van der Waals surface area contributed by atoms with E-state index in [2.05, 4.69) is 10.6 Å². The third-order valence-corrected chi connectivity index (χ3v) is 5.69. The predicted octanol–water partition coefficient (Wildman–Crippen LogP) is 4.34. The van der Waals surface area contributed by atoms with Crippen molar-refractivity contribution in [3.05, 3.63) is 53.1 Å². The molecule has 0 unspecified atom stereocenters. The molecule has 0 aromatic heterocycles. The number of thioether (sulfide) groups is 1. The smallest absolute Gasteiger partial charge is 0.238 e. The summed E-state index contributed by atoms with van der Waals surface area (Å²) < 4.78 is 0. The minimum Gasteiger partial charge on any atom is -0.326 e. The first kappa shape index (κ1) is 16.9. The van der Waals surface area contributed by atoms with Crippen LogP contribution in [0.5, 0.6) is 0 Å². The quantitative estimate of drug-likeness (QED) is 0.856. The van der Waals surface area contributed by atoms with Crippen LogP contribution in [0, 0.1) is 12.8 Å². The van der Waals surface area contributed by atoms with Gasteiger partial charge in [0.2, 0.25) is 11.8 Å². The van der Waals surface area contributed by atoms with Gasteiger partial charge in [-0.1, -0.05) is 30.7 Å². The largest absolute Gasteiger partial charge is 0.326 e. The van der Waals surface area contributed by atoms with Crippen molar-refractivity contribution < 1.29 is 9.59 Å². The highest BCUT2D eigenvalue weighted by molar-refractivity contribution is 8.01. The standard InChI is InChI=1S/C18H17ClN2O2S/c1-10-9-12(19)7-8-13(10)20-17(22)11(2)16-18(23)21-14-5-3-4-6-15(14)24-16/h3-9,11,16H,1-2H3,(H,20,22)(H,21,23)/t11-,16-/m1/s1. The summed E-state index contributed by atoms with van der Waals surface area (Å²) in [5.74, 6) is -0.805. The van der Waals surface area contributed by atoms with Crippen LogP contribution in [0.3, 0.4) is 0 Å². The summed E-state index contributed by atoms with van der Waals surface area (Å²) in [6, 6.07) is 12.9. The molecule has 2 aromatic carbocycles. The molecule has 0 spiro atoms. The van der Waals surface area contributed by atoms with Crippen LogP contribution >= 0.6 is 23.4 Å². The average molecular weight is 361 g/mol. The van der Waals surface area contributed by atoms with Gasteiger partial charge in [-0.15, -0.1) is 11.8 Å². The van der Waals surface area contributed by atoms with Crippen LogP contribution in [-0.2, 0) is 9.59 Å². The summed E-state index contributed by atoms with van der Waals surface area (Å²) in [4.78, 5) is 25.9. The van der Waals surface area contributed by atoms with E-state index in [9.17, 15) is 9.59 Å². The molecular formula is C18H17ClN2O2S. The summed E-state index contributed by atoms with van der Waals surface area (Å²) in [7, 11) is 0. The third kappa shape index (κ3) is 3.42. The molecule has 0 aliphatic carbocycles. The van der Waals surface area contributed by atoms with E-state index < -0.39 is 11.2 Å². The van der Waals surface area contributed by atoms with Gasteiger partial charge in [-0.25, -0.2) is 0 Å². The second-order valence-electron chi connectivity index (χ2n) is 5.76. The fourth-order valence-corrected chi connectivity index (χ4v) is 3.94. The number of amides is 2. The molecule has 1 heterocycles. The molecule has 24 heavy (non-hydrogen) atoms. The van der Waals surface area contributed by atoms with Crippen molar-refractivity contribution in [3.8, 4) is 0 Å². The van der Waals surface area contributed by atoms with Gasteiger partial charge in [0.15, 0.2) is 0 Å². The zero-order valence-electron chi connectivity index (χ0n) is 13.3. The highest BCUT2D eigenvalue weighted by Crippen LogP contribution is 2.38. The van der Waals surface area contributed by atoms with Gasteiger partial charge in [-0.2, -0.15) is 0 Å². The minimum atomic E-state index is -0.474. The Morgan fingerprint density at radius 1 is 1.29 bits per heavy atom. The second kappa shape index (κ2) is 6.87. The third-order valence-electron chi connectivity index (χ3n) is 3.97. The maximum atomic E-state index is 12.6. The van der Waals surface area contributed by atoms with Crippen molar-refractivity contribution in [1.29, 1.82) is 0 Å². The van der Waals surface area contributed by atoms with Crippen LogP contribution in [0.25, 0.3) is 0 Å². The van der Waals surface area contributed by atoms with Gasteiger partial charge in [0, 0.05) is 15.6 Å². The number of carbonyl (C=O) groups is 2.